The molecule has 1 aromatic carbocycles. The number of thioether (sulfide) groups is 1. The predicted molar refractivity (Wildman–Crippen MR) is 152 cm³/mol. The van der Waals surface area contributed by atoms with Gasteiger partial charge in [0.15, 0.2) is 0 Å². The molecule has 2 fully saturated rings. The maximum absolute atomic E-state index is 13.6. The first-order chi connectivity index (χ1) is 17.9. The molecule has 0 N–H and O–H groups in total. The lowest BCUT2D eigenvalue weighted by Gasteiger charge is -2.34. The Hall–Kier alpha value is -2.69. The third-order valence-electron chi connectivity index (χ3n) is 6.77. The molecular weight excluding hydrogens is 510 g/mol. The number of piperidine rings is 1. The summed E-state index contributed by atoms with van der Waals surface area (Å²) in [6.45, 7) is 7.00. The molecule has 3 heterocycles. The summed E-state index contributed by atoms with van der Waals surface area (Å²) in [5, 5.41) is 0.928. The molecule has 0 spiro atoms. The maximum Gasteiger partial charge on any atom is 0.309 e. The van der Waals surface area contributed by atoms with Gasteiger partial charge in [0.2, 0.25) is 0 Å². The number of amides is 1. The summed E-state index contributed by atoms with van der Waals surface area (Å²) in [6.07, 6.45) is 3.67. The van der Waals surface area contributed by atoms with E-state index >= 15 is 0 Å². The van der Waals surface area contributed by atoms with Crippen LogP contribution in [0.2, 0.25) is 0 Å². The lowest BCUT2D eigenvalue weighted by Crippen LogP contribution is -2.38. The molecule has 4 rings (SSSR count). The van der Waals surface area contributed by atoms with Crippen LogP contribution in [-0.2, 0) is 26.1 Å². The fourth-order valence-corrected chi connectivity index (χ4v) is 6.16. The molecule has 0 atom stereocenters. The number of fused-ring (bicyclic) bond motifs is 1. The third kappa shape index (κ3) is 5.76. The predicted octanol–water partition coefficient (Wildman–Crippen LogP) is 3.95. The summed E-state index contributed by atoms with van der Waals surface area (Å²) < 4.78 is 12.7. The number of nitrogens with zero attached hydrogens (tertiary/aromatic N) is 3. The Labute approximate surface area is 226 Å². The number of carbonyl (C=O) groups excluding carboxylic acids is 2. The fourth-order valence-electron chi connectivity index (χ4n) is 4.87. The normalized spacial score (nSPS) is 17.9. The van der Waals surface area contributed by atoms with Crippen LogP contribution in [0.5, 0.6) is 0 Å². The molecule has 0 aliphatic carbocycles. The van der Waals surface area contributed by atoms with Crippen molar-refractivity contribution in [2.45, 2.75) is 33.1 Å². The summed E-state index contributed by atoms with van der Waals surface area (Å²) in [7, 11) is 1.75. The van der Waals surface area contributed by atoms with Crippen molar-refractivity contribution in [2.24, 2.45) is 13.0 Å². The van der Waals surface area contributed by atoms with Gasteiger partial charge in [-0.3, -0.25) is 19.3 Å². The number of esters is 1. The molecule has 2 aromatic rings. The number of aryl methyl sites for hydroxylation is 1. The van der Waals surface area contributed by atoms with E-state index in [1.54, 1.807) is 22.6 Å². The number of hydrogen-bond donors (Lipinski definition) is 0. The van der Waals surface area contributed by atoms with E-state index in [1.807, 2.05) is 38.1 Å². The summed E-state index contributed by atoms with van der Waals surface area (Å²) >= 11 is 6.72. The molecule has 2 aliphatic rings. The van der Waals surface area contributed by atoms with Crippen molar-refractivity contribution in [3.05, 3.63) is 45.1 Å². The van der Waals surface area contributed by atoms with E-state index < -0.39 is 0 Å². The van der Waals surface area contributed by atoms with Gasteiger partial charge < -0.3 is 18.9 Å². The third-order valence-corrected chi connectivity index (χ3v) is 8.14. The Bertz CT molecular complexity index is 1280. The monoisotopic (exact) mass is 543 g/mol. The van der Waals surface area contributed by atoms with Crippen molar-refractivity contribution >= 4 is 62.8 Å². The van der Waals surface area contributed by atoms with E-state index in [1.165, 1.54) is 11.8 Å². The molecule has 10 heteroatoms. The van der Waals surface area contributed by atoms with Gasteiger partial charge in [-0.1, -0.05) is 42.2 Å². The lowest BCUT2D eigenvalue weighted by molar-refractivity contribution is -0.148. The second-order valence-electron chi connectivity index (χ2n) is 9.04. The quantitative estimate of drug-likeness (QED) is 0.204. The van der Waals surface area contributed by atoms with Gasteiger partial charge in [0, 0.05) is 45.3 Å². The highest BCUT2D eigenvalue weighted by atomic mass is 32.2. The van der Waals surface area contributed by atoms with Crippen LogP contribution in [0.1, 0.15) is 38.7 Å². The number of anilines is 1. The first kappa shape index (κ1) is 27.3. The first-order valence-corrected chi connectivity index (χ1v) is 14.0. The second kappa shape index (κ2) is 12.2. The SMILES string of the molecule is CCOCCCN1C(=O)C(=Cc2c(N3CCC(C(=O)OCC)CC3)c3ccccc3n(C)c2=O)SC1=S. The average molecular weight is 544 g/mol. The lowest BCUT2D eigenvalue weighted by atomic mass is 9.95. The van der Waals surface area contributed by atoms with Crippen LogP contribution in [0.25, 0.3) is 17.0 Å². The van der Waals surface area contributed by atoms with Crippen LogP contribution in [-0.4, -0.2) is 65.1 Å². The van der Waals surface area contributed by atoms with Gasteiger partial charge in [0.05, 0.1) is 34.2 Å². The second-order valence-corrected chi connectivity index (χ2v) is 10.7. The highest BCUT2D eigenvalue weighted by Crippen LogP contribution is 2.37. The largest absolute Gasteiger partial charge is 0.466 e. The zero-order valence-corrected chi connectivity index (χ0v) is 23.2. The molecule has 2 aliphatic heterocycles. The molecule has 0 bridgehead atoms. The van der Waals surface area contributed by atoms with Crippen molar-refractivity contribution in [3.63, 3.8) is 0 Å². The summed E-state index contributed by atoms with van der Waals surface area (Å²) in [5.41, 5.74) is 1.90. The van der Waals surface area contributed by atoms with Crippen LogP contribution >= 0.6 is 24.0 Å². The zero-order chi connectivity index (χ0) is 26.5. The number of carbonyl (C=O) groups is 2. The van der Waals surface area contributed by atoms with E-state index in [0.717, 1.165) is 16.6 Å². The van der Waals surface area contributed by atoms with Crippen molar-refractivity contribution < 1.29 is 19.1 Å². The standard InChI is InChI=1S/C27H33N3O5S2/c1-4-34-16-8-13-30-25(32)22(37-27(30)36)17-20-23(19-9-6-7-10-21(19)28(3)24(20)31)29-14-11-18(12-15-29)26(33)35-5-2/h6-7,9-10,17-18H,4-5,8,11-16H2,1-3H3. The summed E-state index contributed by atoms with van der Waals surface area (Å²) in [4.78, 5) is 43.4. The van der Waals surface area contributed by atoms with Crippen molar-refractivity contribution in [1.29, 1.82) is 0 Å². The van der Waals surface area contributed by atoms with Gasteiger partial charge >= 0.3 is 5.97 Å². The van der Waals surface area contributed by atoms with Gasteiger partial charge in [-0.25, -0.2) is 0 Å². The van der Waals surface area contributed by atoms with Gasteiger partial charge in [0.1, 0.15) is 4.32 Å². The molecule has 1 aromatic heterocycles. The zero-order valence-electron chi connectivity index (χ0n) is 21.5. The first-order valence-electron chi connectivity index (χ1n) is 12.7. The van der Waals surface area contributed by atoms with E-state index in [-0.39, 0.29) is 23.4 Å². The van der Waals surface area contributed by atoms with E-state index in [0.29, 0.717) is 73.5 Å². The van der Waals surface area contributed by atoms with Gasteiger partial charge in [0.25, 0.3) is 11.5 Å². The van der Waals surface area contributed by atoms with Crippen molar-refractivity contribution in [2.75, 3.05) is 44.4 Å². The number of ether oxygens (including phenoxy) is 2. The van der Waals surface area contributed by atoms with Crippen LogP contribution in [0.15, 0.2) is 34.0 Å². The molecular formula is C27H33N3O5S2. The van der Waals surface area contributed by atoms with E-state index in [4.69, 9.17) is 21.7 Å². The van der Waals surface area contributed by atoms with Crippen LogP contribution in [0, 0.1) is 5.92 Å². The Morgan fingerprint density at radius 3 is 2.59 bits per heavy atom. The number of aromatic nitrogens is 1. The van der Waals surface area contributed by atoms with E-state index in [2.05, 4.69) is 4.90 Å². The molecule has 0 saturated carbocycles. The topological polar surface area (TPSA) is 81.1 Å². The Morgan fingerprint density at radius 2 is 1.89 bits per heavy atom. The molecule has 0 unspecified atom stereocenters. The van der Waals surface area contributed by atoms with Crippen molar-refractivity contribution in [1.82, 2.24) is 9.47 Å². The van der Waals surface area contributed by atoms with Crippen LogP contribution in [0.4, 0.5) is 5.69 Å². The fraction of sp³-hybridized carbons (Fsp3) is 0.481. The number of benzene rings is 1. The molecule has 198 valence electrons. The number of hydrogen-bond acceptors (Lipinski definition) is 8. The molecule has 8 nitrogen and oxygen atoms in total. The van der Waals surface area contributed by atoms with Crippen molar-refractivity contribution in [3.8, 4) is 0 Å². The smallest absolute Gasteiger partial charge is 0.309 e. The minimum atomic E-state index is -0.186. The summed E-state index contributed by atoms with van der Waals surface area (Å²) in [5.74, 6) is -0.497. The molecule has 37 heavy (non-hydrogen) atoms. The molecule has 1 amide bonds. The molecule has 2 saturated heterocycles. The highest BCUT2D eigenvalue weighted by molar-refractivity contribution is 8.26. The number of thiocarbonyl (C=S) groups is 1. The number of rotatable bonds is 9. The molecule has 0 radical (unpaired) electrons. The Balaban J connectivity index is 1.70. The highest BCUT2D eigenvalue weighted by Gasteiger charge is 2.33. The summed E-state index contributed by atoms with van der Waals surface area (Å²) in [6, 6.07) is 7.78. The van der Waals surface area contributed by atoms with Gasteiger partial charge in [-0.15, -0.1) is 0 Å². The van der Waals surface area contributed by atoms with Gasteiger partial charge in [-0.05, 0) is 45.3 Å². The number of pyridine rings is 1. The Kier molecular flexibility index (Phi) is 9.04. The van der Waals surface area contributed by atoms with Crippen LogP contribution in [0.3, 0.4) is 0 Å². The Morgan fingerprint density at radius 1 is 1.16 bits per heavy atom. The van der Waals surface area contributed by atoms with Crippen LogP contribution < -0.4 is 10.5 Å². The number of para-hydroxylation sites is 1. The van der Waals surface area contributed by atoms with E-state index in [9.17, 15) is 14.4 Å². The van der Waals surface area contributed by atoms with Gasteiger partial charge in [-0.2, -0.15) is 0 Å². The minimum Gasteiger partial charge on any atom is -0.466 e. The minimum absolute atomic E-state index is 0.148. The maximum atomic E-state index is 13.6. The average Bonchev–Trinajstić information content (AvgIpc) is 3.17.